The second-order valence-corrected chi connectivity index (χ2v) is 7.38. The van der Waals surface area contributed by atoms with Gasteiger partial charge in [-0.1, -0.05) is 35.5 Å². The van der Waals surface area contributed by atoms with Crippen molar-refractivity contribution in [2.24, 2.45) is 5.92 Å². The highest BCUT2D eigenvalue weighted by Crippen LogP contribution is 2.20. The van der Waals surface area contributed by atoms with Crippen molar-refractivity contribution in [3.63, 3.8) is 0 Å². The van der Waals surface area contributed by atoms with E-state index in [2.05, 4.69) is 25.3 Å². The van der Waals surface area contributed by atoms with Crippen LogP contribution in [0.4, 0.5) is 0 Å². The van der Waals surface area contributed by atoms with E-state index < -0.39 is 0 Å². The van der Waals surface area contributed by atoms with E-state index in [1.54, 1.807) is 0 Å². The number of benzene rings is 1. The number of nitrogens with zero attached hydrogens (tertiary/aromatic N) is 4. The van der Waals surface area contributed by atoms with Crippen LogP contribution in [0.5, 0.6) is 0 Å². The molecule has 0 atom stereocenters. The summed E-state index contributed by atoms with van der Waals surface area (Å²) in [5.74, 6) is 1.55. The Kier molecular flexibility index (Phi) is 6.95. The van der Waals surface area contributed by atoms with Crippen LogP contribution in [0, 0.1) is 5.92 Å². The van der Waals surface area contributed by atoms with E-state index >= 15 is 0 Å². The Labute approximate surface area is 160 Å². The van der Waals surface area contributed by atoms with Gasteiger partial charge >= 0.3 is 0 Å². The molecule has 0 spiro atoms. The SMILES string of the molecule is CN(C)CCCNC(=O)C1CCN(Cc2nc(-c3ccccc3)no2)CC1. The summed E-state index contributed by atoms with van der Waals surface area (Å²) in [5.41, 5.74) is 0.956. The summed E-state index contributed by atoms with van der Waals surface area (Å²) in [4.78, 5) is 21.2. The van der Waals surface area contributed by atoms with Gasteiger partial charge in [-0.15, -0.1) is 0 Å². The first kappa shape index (κ1) is 19.5. The molecule has 3 rings (SSSR count). The highest BCUT2D eigenvalue weighted by molar-refractivity contribution is 5.78. The van der Waals surface area contributed by atoms with Crippen LogP contribution in [0.2, 0.25) is 0 Å². The molecule has 0 radical (unpaired) electrons. The zero-order valence-corrected chi connectivity index (χ0v) is 16.2. The van der Waals surface area contributed by atoms with E-state index in [-0.39, 0.29) is 11.8 Å². The molecule has 1 amide bonds. The fourth-order valence-electron chi connectivity index (χ4n) is 3.32. The predicted molar refractivity (Wildman–Crippen MR) is 104 cm³/mol. The standard InChI is InChI=1S/C20H29N5O2/c1-24(2)12-6-11-21-20(26)17-9-13-25(14-10-17)15-18-22-19(23-27-18)16-7-4-3-5-8-16/h3-5,7-8,17H,6,9-15H2,1-2H3,(H,21,26). The lowest BCUT2D eigenvalue weighted by atomic mass is 9.96. The third-order valence-corrected chi connectivity index (χ3v) is 4.90. The van der Waals surface area contributed by atoms with Gasteiger partial charge in [0.25, 0.3) is 0 Å². The molecule has 1 aliphatic rings. The summed E-state index contributed by atoms with van der Waals surface area (Å²) in [5, 5.41) is 7.14. The van der Waals surface area contributed by atoms with Crippen LogP contribution in [0.15, 0.2) is 34.9 Å². The Morgan fingerprint density at radius 3 is 2.70 bits per heavy atom. The molecule has 2 heterocycles. The molecule has 0 aliphatic carbocycles. The molecule has 0 unspecified atom stereocenters. The summed E-state index contributed by atoms with van der Waals surface area (Å²) in [7, 11) is 4.09. The van der Waals surface area contributed by atoms with Crippen molar-refractivity contribution >= 4 is 5.91 Å². The molecule has 1 aromatic carbocycles. The Morgan fingerprint density at radius 2 is 2.00 bits per heavy atom. The number of aromatic nitrogens is 2. The van der Waals surface area contributed by atoms with Crippen molar-refractivity contribution in [1.82, 2.24) is 25.3 Å². The molecule has 2 aromatic rings. The molecule has 0 bridgehead atoms. The summed E-state index contributed by atoms with van der Waals surface area (Å²) in [6, 6.07) is 9.82. The summed E-state index contributed by atoms with van der Waals surface area (Å²) >= 11 is 0. The average Bonchev–Trinajstić information content (AvgIpc) is 3.15. The first-order chi connectivity index (χ1) is 13.1. The van der Waals surface area contributed by atoms with E-state index in [0.717, 1.165) is 51.0 Å². The molecule has 7 nitrogen and oxygen atoms in total. The Balaban J connectivity index is 1.41. The van der Waals surface area contributed by atoms with Gasteiger partial charge in [0.15, 0.2) is 0 Å². The fourth-order valence-corrected chi connectivity index (χ4v) is 3.32. The van der Waals surface area contributed by atoms with Crippen molar-refractivity contribution in [1.29, 1.82) is 0 Å². The zero-order valence-electron chi connectivity index (χ0n) is 16.2. The monoisotopic (exact) mass is 371 g/mol. The van der Waals surface area contributed by atoms with Crippen molar-refractivity contribution in [3.8, 4) is 11.4 Å². The van der Waals surface area contributed by atoms with Gasteiger partial charge in [-0.3, -0.25) is 9.69 Å². The van der Waals surface area contributed by atoms with Crippen molar-refractivity contribution in [2.75, 3.05) is 40.3 Å². The Hall–Kier alpha value is -2.25. The minimum atomic E-state index is 0.114. The van der Waals surface area contributed by atoms with Gasteiger partial charge in [0, 0.05) is 18.0 Å². The number of hydrogen-bond donors (Lipinski definition) is 1. The number of piperidine rings is 1. The fraction of sp³-hybridized carbons (Fsp3) is 0.550. The summed E-state index contributed by atoms with van der Waals surface area (Å²) in [6.45, 7) is 4.13. The predicted octanol–water partition coefficient (Wildman–Crippen LogP) is 2.02. The summed E-state index contributed by atoms with van der Waals surface area (Å²) < 4.78 is 5.39. The maximum absolute atomic E-state index is 12.3. The molecule has 0 saturated carbocycles. The largest absolute Gasteiger partial charge is 0.356 e. The van der Waals surface area contributed by atoms with E-state index in [4.69, 9.17) is 4.52 Å². The van der Waals surface area contributed by atoms with Crippen molar-refractivity contribution in [2.45, 2.75) is 25.8 Å². The number of nitrogens with one attached hydrogen (secondary N) is 1. The van der Waals surface area contributed by atoms with Gasteiger partial charge in [0.2, 0.25) is 17.6 Å². The maximum atomic E-state index is 12.3. The van der Waals surface area contributed by atoms with E-state index in [0.29, 0.717) is 18.3 Å². The Bertz CT molecular complexity index is 708. The first-order valence-corrected chi connectivity index (χ1v) is 9.64. The molecule has 146 valence electrons. The maximum Gasteiger partial charge on any atom is 0.241 e. The molecule has 1 fully saturated rings. The molecule has 7 heteroatoms. The lowest BCUT2D eigenvalue weighted by molar-refractivity contribution is -0.126. The molecule has 1 N–H and O–H groups in total. The number of rotatable bonds is 8. The minimum Gasteiger partial charge on any atom is -0.356 e. The average molecular weight is 371 g/mol. The highest BCUT2D eigenvalue weighted by Gasteiger charge is 2.25. The van der Waals surface area contributed by atoms with Crippen LogP contribution in [-0.4, -0.2) is 66.1 Å². The number of likely N-dealkylation sites (tertiary alicyclic amines) is 1. The first-order valence-electron chi connectivity index (χ1n) is 9.64. The molecule has 1 aliphatic heterocycles. The molecule has 27 heavy (non-hydrogen) atoms. The van der Waals surface area contributed by atoms with Crippen molar-refractivity contribution in [3.05, 3.63) is 36.2 Å². The number of carbonyl (C=O) groups excluding carboxylic acids is 1. The second kappa shape index (κ2) is 9.62. The van der Waals surface area contributed by atoms with Gasteiger partial charge in [-0.25, -0.2) is 0 Å². The van der Waals surface area contributed by atoms with Crippen LogP contribution in [0.3, 0.4) is 0 Å². The quantitative estimate of drug-likeness (QED) is 0.716. The minimum absolute atomic E-state index is 0.114. The van der Waals surface area contributed by atoms with E-state index in [9.17, 15) is 4.79 Å². The molecule has 1 aromatic heterocycles. The number of carbonyl (C=O) groups is 1. The van der Waals surface area contributed by atoms with Gasteiger partial charge in [0.05, 0.1) is 6.54 Å². The number of amides is 1. The molecule has 1 saturated heterocycles. The lowest BCUT2D eigenvalue weighted by Crippen LogP contribution is -2.40. The van der Waals surface area contributed by atoms with Gasteiger partial charge < -0.3 is 14.7 Å². The lowest BCUT2D eigenvalue weighted by Gasteiger charge is -2.30. The smallest absolute Gasteiger partial charge is 0.241 e. The number of hydrogen-bond acceptors (Lipinski definition) is 6. The van der Waals surface area contributed by atoms with Gasteiger partial charge in [-0.2, -0.15) is 4.98 Å². The van der Waals surface area contributed by atoms with E-state index in [1.165, 1.54) is 0 Å². The van der Waals surface area contributed by atoms with Gasteiger partial charge in [-0.05, 0) is 53.0 Å². The van der Waals surface area contributed by atoms with Crippen molar-refractivity contribution < 1.29 is 9.32 Å². The zero-order chi connectivity index (χ0) is 19.1. The third kappa shape index (κ3) is 5.87. The van der Waals surface area contributed by atoms with E-state index in [1.807, 2.05) is 44.4 Å². The second-order valence-electron chi connectivity index (χ2n) is 7.38. The van der Waals surface area contributed by atoms with Crippen LogP contribution in [0.1, 0.15) is 25.2 Å². The highest BCUT2D eigenvalue weighted by atomic mass is 16.5. The molecular formula is C20H29N5O2. The van der Waals surface area contributed by atoms with Gasteiger partial charge in [0.1, 0.15) is 0 Å². The Morgan fingerprint density at radius 1 is 1.26 bits per heavy atom. The van der Waals surface area contributed by atoms with Crippen LogP contribution in [0.25, 0.3) is 11.4 Å². The van der Waals surface area contributed by atoms with Crippen LogP contribution in [-0.2, 0) is 11.3 Å². The summed E-state index contributed by atoms with van der Waals surface area (Å²) in [6.07, 6.45) is 2.73. The third-order valence-electron chi connectivity index (χ3n) is 4.90. The topological polar surface area (TPSA) is 74.5 Å². The van der Waals surface area contributed by atoms with Crippen LogP contribution >= 0.6 is 0 Å². The van der Waals surface area contributed by atoms with Crippen LogP contribution < -0.4 is 5.32 Å². The molecular weight excluding hydrogens is 342 g/mol. The normalized spacial score (nSPS) is 16.0.